The van der Waals surface area contributed by atoms with E-state index in [1.54, 1.807) is 12.1 Å². The van der Waals surface area contributed by atoms with Crippen molar-refractivity contribution < 1.29 is 9.18 Å². The number of amides is 2. The predicted molar refractivity (Wildman–Crippen MR) is 77.6 cm³/mol. The van der Waals surface area contributed by atoms with Crippen LogP contribution in [0.1, 0.15) is 30.7 Å². The monoisotopic (exact) mass is 289 g/mol. The number of rotatable bonds is 2. The molecule has 4 rings (SSSR count). The van der Waals surface area contributed by atoms with E-state index >= 15 is 0 Å². The molecule has 2 N–H and O–H groups in total. The van der Waals surface area contributed by atoms with Gasteiger partial charge in [-0.05, 0) is 42.9 Å². The SMILES string of the molecule is O=C(NC1CC(c2cccc(F)c2)C1)N1C[C@@H]2C[C@H]1CN2. The van der Waals surface area contributed by atoms with Gasteiger partial charge in [0.1, 0.15) is 5.82 Å². The van der Waals surface area contributed by atoms with Gasteiger partial charge in [0.2, 0.25) is 0 Å². The van der Waals surface area contributed by atoms with Gasteiger partial charge in [-0.2, -0.15) is 0 Å². The number of hydrogen-bond acceptors (Lipinski definition) is 2. The predicted octanol–water partition coefficient (Wildman–Crippen LogP) is 1.83. The van der Waals surface area contributed by atoms with Crippen molar-refractivity contribution in [3.8, 4) is 0 Å². The van der Waals surface area contributed by atoms with Crippen molar-refractivity contribution in [2.24, 2.45) is 0 Å². The number of piperazine rings is 1. The zero-order valence-electron chi connectivity index (χ0n) is 11.9. The highest BCUT2D eigenvalue weighted by Crippen LogP contribution is 2.37. The average molecular weight is 289 g/mol. The number of hydrogen-bond donors (Lipinski definition) is 2. The number of halogens is 1. The van der Waals surface area contributed by atoms with Gasteiger partial charge in [0.15, 0.2) is 0 Å². The molecular weight excluding hydrogens is 269 g/mol. The van der Waals surface area contributed by atoms with Crippen LogP contribution < -0.4 is 10.6 Å². The number of likely N-dealkylation sites (tertiary alicyclic amines) is 1. The van der Waals surface area contributed by atoms with Gasteiger partial charge < -0.3 is 15.5 Å². The van der Waals surface area contributed by atoms with Gasteiger partial charge >= 0.3 is 6.03 Å². The summed E-state index contributed by atoms with van der Waals surface area (Å²) in [6.07, 6.45) is 2.91. The van der Waals surface area contributed by atoms with E-state index in [9.17, 15) is 9.18 Å². The van der Waals surface area contributed by atoms with E-state index in [2.05, 4.69) is 10.6 Å². The van der Waals surface area contributed by atoms with Gasteiger partial charge in [-0.15, -0.1) is 0 Å². The van der Waals surface area contributed by atoms with E-state index in [4.69, 9.17) is 0 Å². The summed E-state index contributed by atoms with van der Waals surface area (Å²) in [6.45, 7) is 1.76. The summed E-state index contributed by atoms with van der Waals surface area (Å²) in [5.74, 6) is 0.197. The molecule has 2 amide bonds. The summed E-state index contributed by atoms with van der Waals surface area (Å²) in [6, 6.07) is 7.97. The lowest BCUT2D eigenvalue weighted by atomic mass is 9.76. The van der Waals surface area contributed by atoms with Gasteiger partial charge in [-0.1, -0.05) is 12.1 Å². The lowest BCUT2D eigenvalue weighted by molar-refractivity contribution is 0.171. The molecule has 1 aromatic rings. The second kappa shape index (κ2) is 4.98. The molecule has 21 heavy (non-hydrogen) atoms. The molecule has 1 aliphatic carbocycles. The van der Waals surface area contributed by atoms with Crippen LogP contribution in [-0.4, -0.2) is 42.1 Å². The summed E-state index contributed by atoms with van der Waals surface area (Å²) in [5.41, 5.74) is 1.05. The smallest absolute Gasteiger partial charge is 0.317 e. The third kappa shape index (κ3) is 2.39. The number of nitrogens with one attached hydrogen (secondary N) is 2. The van der Waals surface area contributed by atoms with Crippen LogP contribution >= 0.6 is 0 Å². The first-order chi connectivity index (χ1) is 10.2. The molecule has 1 aromatic carbocycles. The van der Waals surface area contributed by atoms with E-state index in [1.165, 1.54) is 6.07 Å². The van der Waals surface area contributed by atoms with Crippen molar-refractivity contribution in [1.82, 2.24) is 15.5 Å². The normalized spacial score (nSPS) is 33.9. The zero-order valence-corrected chi connectivity index (χ0v) is 11.9. The summed E-state index contributed by atoms with van der Waals surface area (Å²) in [4.78, 5) is 14.2. The summed E-state index contributed by atoms with van der Waals surface area (Å²) in [5, 5.41) is 6.52. The number of carbonyl (C=O) groups excluding carboxylic acids is 1. The second-order valence-electron chi connectivity index (χ2n) is 6.52. The van der Waals surface area contributed by atoms with Crippen LogP contribution in [0.3, 0.4) is 0 Å². The summed E-state index contributed by atoms with van der Waals surface area (Å²) in [7, 11) is 0. The maximum atomic E-state index is 13.2. The highest BCUT2D eigenvalue weighted by molar-refractivity contribution is 5.75. The van der Waals surface area contributed by atoms with E-state index < -0.39 is 0 Å². The molecule has 4 nitrogen and oxygen atoms in total. The van der Waals surface area contributed by atoms with Gasteiger partial charge in [-0.3, -0.25) is 0 Å². The van der Waals surface area contributed by atoms with E-state index in [0.717, 1.165) is 37.9 Å². The molecule has 5 heteroatoms. The fourth-order valence-electron chi connectivity index (χ4n) is 3.84. The van der Waals surface area contributed by atoms with E-state index in [1.807, 2.05) is 11.0 Å². The molecule has 112 valence electrons. The van der Waals surface area contributed by atoms with Crippen LogP contribution in [0.2, 0.25) is 0 Å². The Balaban J connectivity index is 1.29. The largest absolute Gasteiger partial charge is 0.335 e. The first kappa shape index (κ1) is 13.1. The lowest BCUT2D eigenvalue weighted by Crippen LogP contribution is -2.54. The zero-order chi connectivity index (χ0) is 14.4. The molecule has 0 spiro atoms. The first-order valence-corrected chi connectivity index (χ1v) is 7.75. The van der Waals surface area contributed by atoms with Crippen molar-refractivity contribution in [3.05, 3.63) is 35.6 Å². The van der Waals surface area contributed by atoms with Crippen LogP contribution in [0.25, 0.3) is 0 Å². The number of benzene rings is 1. The Morgan fingerprint density at radius 3 is 2.86 bits per heavy atom. The van der Waals surface area contributed by atoms with Gasteiger partial charge in [0.25, 0.3) is 0 Å². The third-order valence-corrected chi connectivity index (χ3v) is 5.10. The fourth-order valence-corrected chi connectivity index (χ4v) is 3.84. The Labute approximate surface area is 123 Å². The average Bonchev–Trinajstić information content (AvgIpc) is 3.04. The van der Waals surface area contributed by atoms with Crippen LogP contribution in [0.5, 0.6) is 0 Å². The standard InChI is InChI=1S/C16H20FN3O/c17-12-3-1-2-10(4-12)11-5-13(6-11)19-16(21)20-9-14-7-15(20)8-18-14/h1-4,11,13-15,18H,5-9H2,(H,19,21)/t11?,13?,14-,15-/m0/s1. The second-order valence-corrected chi connectivity index (χ2v) is 6.52. The van der Waals surface area contributed by atoms with Crippen LogP contribution in [0.4, 0.5) is 9.18 Å². The van der Waals surface area contributed by atoms with Crippen molar-refractivity contribution in [1.29, 1.82) is 0 Å². The molecule has 2 saturated heterocycles. The van der Waals surface area contributed by atoms with Crippen molar-refractivity contribution in [3.63, 3.8) is 0 Å². The van der Waals surface area contributed by atoms with E-state index in [-0.39, 0.29) is 17.9 Å². The molecule has 1 saturated carbocycles. The summed E-state index contributed by atoms with van der Waals surface area (Å²) >= 11 is 0. The highest BCUT2D eigenvalue weighted by atomic mass is 19.1. The molecular formula is C16H20FN3O. The Hall–Kier alpha value is -1.62. The highest BCUT2D eigenvalue weighted by Gasteiger charge is 2.41. The van der Waals surface area contributed by atoms with Crippen molar-refractivity contribution >= 4 is 6.03 Å². The maximum Gasteiger partial charge on any atom is 0.317 e. The van der Waals surface area contributed by atoms with Crippen LogP contribution in [0, 0.1) is 5.82 Å². The molecule has 0 radical (unpaired) electrons. The quantitative estimate of drug-likeness (QED) is 0.872. The van der Waals surface area contributed by atoms with Gasteiger partial charge in [-0.25, -0.2) is 9.18 Å². The van der Waals surface area contributed by atoms with Crippen molar-refractivity contribution in [2.45, 2.75) is 43.3 Å². The molecule has 3 fully saturated rings. The minimum Gasteiger partial charge on any atom is -0.335 e. The molecule has 2 atom stereocenters. The molecule has 2 bridgehead atoms. The van der Waals surface area contributed by atoms with Gasteiger partial charge in [0.05, 0.1) is 0 Å². The Morgan fingerprint density at radius 2 is 2.19 bits per heavy atom. The van der Waals surface area contributed by atoms with E-state index in [0.29, 0.717) is 18.0 Å². The van der Waals surface area contributed by atoms with Crippen LogP contribution in [0.15, 0.2) is 24.3 Å². The van der Waals surface area contributed by atoms with Crippen LogP contribution in [-0.2, 0) is 0 Å². The minimum absolute atomic E-state index is 0.0756. The molecule has 0 unspecified atom stereocenters. The topological polar surface area (TPSA) is 44.4 Å². The fraction of sp³-hybridized carbons (Fsp3) is 0.562. The third-order valence-electron chi connectivity index (χ3n) is 5.10. The Kier molecular flexibility index (Phi) is 3.10. The summed E-state index contributed by atoms with van der Waals surface area (Å²) < 4.78 is 13.2. The Bertz CT molecular complexity index is 558. The lowest BCUT2D eigenvalue weighted by Gasteiger charge is -2.38. The number of nitrogens with zero attached hydrogens (tertiary/aromatic N) is 1. The minimum atomic E-state index is -0.180. The maximum absolute atomic E-state index is 13.2. The Morgan fingerprint density at radius 1 is 1.33 bits per heavy atom. The molecule has 0 aromatic heterocycles. The molecule has 2 aliphatic heterocycles. The van der Waals surface area contributed by atoms with Gasteiger partial charge in [0, 0.05) is 31.2 Å². The number of fused-ring (bicyclic) bond motifs is 2. The number of carbonyl (C=O) groups is 1. The van der Waals surface area contributed by atoms with Crippen molar-refractivity contribution in [2.75, 3.05) is 13.1 Å². The molecule has 2 heterocycles. The number of urea groups is 1. The first-order valence-electron chi connectivity index (χ1n) is 7.75. The molecule has 3 aliphatic rings.